The van der Waals surface area contributed by atoms with Gasteiger partial charge in [0.05, 0.1) is 21.7 Å². The van der Waals surface area contributed by atoms with Crippen LogP contribution >= 0.6 is 11.6 Å². The van der Waals surface area contributed by atoms with E-state index in [2.05, 4.69) is 5.10 Å². The van der Waals surface area contributed by atoms with E-state index in [-0.39, 0.29) is 10.5 Å². The van der Waals surface area contributed by atoms with Crippen molar-refractivity contribution >= 4 is 27.8 Å². The number of nitrogens with zero attached hydrogens (tertiary/aromatic N) is 1. The van der Waals surface area contributed by atoms with Gasteiger partial charge in [0.2, 0.25) is 0 Å². The molecule has 0 spiro atoms. The summed E-state index contributed by atoms with van der Waals surface area (Å²) < 4.78 is 62.3. The number of alkyl halides is 3. The molecule has 2 rings (SSSR count). The molecule has 24 heavy (non-hydrogen) atoms. The first-order valence-electron chi connectivity index (χ1n) is 6.58. The highest BCUT2D eigenvalue weighted by molar-refractivity contribution is 7.89. The van der Waals surface area contributed by atoms with Crippen molar-refractivity contribution in [1.82, 2.24) is 4.83 Å². The van der Waals surface area contributed by atoms with E-state index >= 15 is 0 Å². The van der Waals surface area contributed by atoms with Crippen molar-refractivity contribution in [3.8, 4) is 0 Å². The maximum atomic E-state index is 12.8. The third-order valence-electron chi connectivity index (χ3n) is 3.04. The van der Waals surface area contributed by atoms with Gasteiger partial charge in [-0.25, -0.2) is 4.83 Å². The normalized spacial score (nSPS) is 12.5. The zero-order valence-corrected chi connectivity index (χ0v) is 13.9. The first kappa shape index (κ1) is 18.3. The molecule has 1 N–H and O–H groups in total. The van der Waals surface area contributed by atoms with E-state index in [4.69, 9.17) is 11.6 Å². The van der Waals surface area contributed by atoms with Gasteiger partial charge in [-0.05, 0) is 25.1 Å². The molecule has 0 aromatic heterocycles. The minimum Gasteiger partial charge on any atom is -0.200 e. The Hall–Kier alpha value is -2.06. The first-order valence-corrected chi connectivity index (χ1v) is 8.44. The zero-order valence-electron chi connectivity index (χ0n) is 12.3. The summed E-state index contributed by atoms with van der Waals surface area (Å²) in [7, 11) is -3.91. The minimum absolute atomic E-state index is 0.0135. The predicted molar refractivity (Wildman–Crippen MR) is 85.5 cm³/mol. The van der Waals surface area contributed by atoms with E-state index in [0.29, 0.717) is 0 Å². The van der Waals surface area contributed by atoms with Crippen LogP contribution in [0.25, 0.3) is 0 Å². The Bertz CT molecular complexity index is 863. The van der Waals surface area contributed by atoms with Crippen molar-refractivity contribution in [2.75, 3.05) is 0 Å². The van der Waals surface area contributed by atoms with Gasteiger partial charge in [0.1, 0.15) is 0 Å². The van der Waals surface area contributed by atoms with Gasteiger partial charge in [0, 0.05) is 5.56 Å². The predicted octanol–water partition coefficient (Wildman–Crippen LogP) is 3.98. The van der Waals surface area contributed by atoms with E-state index in [1.165, 1.54) is 18.2 Å². The maximum absolute atomic E-state index is 12.8. The van der Waals surface area contributed by atoms with Gasteiger partial charge in [0.25, 0.3) is 10.0 Å². The van der Waals surface area contributed by atoms with Crippen LogP contribution in [-0.2, 0) is 16.2 Å². The monoisotopic (exact) mass is 376 g/mol. The molecule has 0 fully saturated rings. The second-order valence-corrected chi connectivity index (χ2v) is 6.91. The highest BCUT2D eigenvalue weighted by Crippen LogP contribution is 2.35. The molecular formula is C15H12ClF3N2O2S. The Morgan fingerprint density at radius 1 is 1.12 bits per heavy atom. The van der Waals surface area contributed by atoms with Crippen LogP contribution in [0, 0.1) is 6.92 Å². The number of hydrogen-bond acceptors (Lipinski definition) is 3. The number of hydrazone groups is 1. The topological polar surface area (TPSA) is 58.5 Å². The van der Waals surface area contributed by atoms with Crippen molar-refractivity contribution in [2.24, 2.45) is 5.10 Å². The number of sulfonamides is 1. The summed E-state index contributed by atoms with van der Waals surface area (Å²) in [6.07, 6.45) is -3.69. The molecule has 2 aromatic rings. The number of benzene rings is 2. The SMILES string of the molecule is Cc1ccc(S(=O)(=O)NN=Cc2cccc(C(F)(F)F)c2Cl)cc1. The highest BCUT2D eigenvalue weighted by atomic mass is 35.5. The molecule has 4 nitrogen and oxygen atoms in total. The van der Waals surface area contributed by atoms with Gasteiger partial charge >= 0.3 is 6.18 Å². The molecule has 0 aliphatic heterocycles. The lowest BCUT2D eigenvalue weighted by atomic mass is 10.1. The van der Waals surface area contributed by atoms with Gasteiger partial charge in [-0.3, -0.25) is 0 Å². The lowest BCUT2D eigenvalue weighted by Gasteiger charge is -2.10. The van der Waals surface area contributed by atoms with E-state index in [9.17, 15) is 21.6 Å². The number of aryl methyl sites for hydroxylation is 1. The van der Waals surface area contributed by atoms with Crippen LogP contribution in [0.5, 0.6) is 0 Å². The summed E-state index contributed by atoms with van der Waals surface area (Å²) in [5.74, 6) is 0. The third-order valence-corrected chi connectivity index (χ3v) is 4.70. The van der Waals surface area contributed by atoms with Crippen LogP contribution in [0.4, 0.5) is 13.2 Å². The molecule has 0 atom stereocenters. The van der Waals surface area contributed by atoms with Gasteiger partial charge < -0.3 is 0 Å². The van der Waals surface area contributed by atoms with Crippen molar-refractivity contribution in [3.05, 3.63) is 64.2 Å². The molecule has 0 amide bonds. The number of rotatable bonds is 4. The van der Waals surface area contributed by atoms with E-state index in [0.717, 1.165) is 23.9 Å². The molecule has 0 saturated carbocycles. The van der Waals surface area contributed by atoms with Gasteiger partial charge in [-0.1, -0.05) is 41.4 Å². The molecule has 0 bridgehead atoms. The summed E-state index contributed by atoms with van der Waals surface area (Å²) in [6.45, 7) is 1.80. The van der Waals surface area contributed by atoms with Crippen LogP contribution in [-0.4, -0.2) is 14.6 Å². The Balaban J connectivity index is 2.22. The van der Waals surface area contributed by atoms with Crippen LogP contribution < -0.4 is 4.83 Å². The molecule has 0 radical (unpaired) electrons. The van der Waals surface area contributed by atoms with E-state index < -0.39 is 26.8 Å². The van der Waals surface area contributed by atoms with Crippen molar-refractivity contribution in [3.63, 3.8) is 0 Å². The second kappa shape index (κ2) is 6.82. The van der Waals surface area contributed by atoms with Crippen LogP contribution in [0.15, 0.2) is 52.5 Å². The zero-order chi connectivity index (χ0) is 18.0. The summed E-state index contributed by atoms with van der Waals surface area (Å²) in [6, 6.07) is 9.29. The van der Waals surface area contributed by atoms with Gasteiger partial charge in [0.15, 0.2) is 0 Å². The van der Waals surface area contributed by atoms with Crippen LogP contribution in [0.2, 0.25) is 5.02 Å². The van der Waals surface area contributed by atoms with E-state index in [1.807, 2.05) is 4.83 Å². The van der Waals surface area contributed by atoms with Gasteiger partial charge in [-0.2, -0.15) is 26.7 Å². The van der Waals surface area contributed by atoms with Crippen molar-refractivity contribution in [2.45, 2.75) is 18.0 Å². The number of halogens is 4. The van der Waals surface area contributed by atoms with Gasteiger partial charge in [-0.15, -0.1) is 0 Å². The molecule has 9 heteroatoms. The molecule has 0 aliphatic rings. The quantitative estimate of drug-likeness (QED) is 0.648. The molecule has 2 aromatic carbocycles. The summed E-state index contributed by atoms with van der Waals surface area (Å²) >= 11 is 5.69. The molecule has 0 heterocycles. The Morgan fingerprint density at radius 3 is 2.33 bits per heavy atom. The standard InChI is InChI=1S/C15H12ClF3N2O2S/c1-10-5-7-12(8-6-10)24(22,23)21-20-9-11-3-2-4-13(14(11)16)15(17,18)19/h2-9,21H,1H3. The fraction of sp³-hybridized carbons (Fsp3) is 0.133. The smallest absolute Gasteiger partial charge is 0.200 e. The van der Waals surface area contributed by atoms with Crippen molar-refractivity contribution in [1.29, 1.82) is 0 Å². The molecule has 0 aliphatic carbocycles. The minimum atomic E-state index is -4.61. The molecule has 0 unspecified atom stereocenters. The fourth-order valence-electron chi connectivity index (χ4n) is 1.80. The lowest BCUT2D eigenvalue weighted by molar-refractivity contribution is -0.137. The fourth-order valence-corrected chi connectivity index (χ4v) is 2.88. The number of hydrogen-bond donors (Lipinski definition) is 1. The molecular weight excluding hydrogens is 365 g/mol. The largest absolute Gasteiger partial charge is 0.417 e. The molecule has 0 saturated heterocycles. The summed E-state index contributed by atoms with van der Waals surface area (Å²) in [5.41, 5.74) is -0.194. The highest BCUT2D eigenvalue weighted by Gasteiger charge is 2.33. The summed E-state index contributed by atoms with van der Waals surface area (Å²) in [5, 5.41) is 2.93. The van der Waals surface area contributed by atoms with Crippen molar-refractivity contribution < 1.29 is 21.6 Å². The lowest BCUT2D eigenvalue weighted by Crippen LogP contribution is -2.18. The maximum Gasteiger partial charge on any atom is 0.417 e. The second-order valence-electron chi connectivity index (χ2n) is 4.87. The molecule has 128 valence electrons. The average molecular weight is 377 g/mol. The Morgan fingerprint density at radius 2 is 1.75 bits per heavy atom. The Kier molecular flexibility index (Phi) is 5.19. The summed E-state index contributed by atoms with van der Waals surface area (Å²) in [4.78, 5) is 1.92. The Labute approximate surface area is 142 Å². The average Bonchev–Trinajstić information content (AvgIpc) is 2.48. The number of nitrogens with one attached hydrogen (secondary N) is 1. The van der Waals surface area contributed by atoms with Crippen LogP contribution in [0.1, 0.15) is 16.7 Å². The first-order chi connectivity index (χ1) is 11.1. The van der Waals surface area contributed by atoms with Crippen LogP contribution in [0.3, 0.4) is 0 Å². The van der Waals surface area contributed by atoms with E-state index in [1.54, 1.807) is 19.1 Å². The third kappa shape index (κ3) is 4.27.